The summed E-state index contributed by atoms with van der Waals surface area (Å²) in [6.45, 7) is 12.3. The number of rotatable bonds is 7. The lowest BCUT2D eigenvalue weighted by molar-refractivity contribution is -0.176. The van der Waals surface area contributed by atoms with Gasteiger partial charge in [0.2, 0.25) is 23.6 Å². The monoisotopic (exact) mass is 559 g/mol. The van der Waals surface area contributed by atoms with Crippen LogP contribution >= 0.6 is 0 Å². The van der Waals surface area contributed by atoms with Crippen LogP contribution in [-0.4, -0.2) is 70.8 Å². The first-order valence-electron chi connectivity index (χ1n) is 13.2. The maximum Gasteiger partial charge on any atom is 0.471 e. The number of piperidine rings is 2. The van der Waals surface area contributed by atoms with Crippen molar-refractivity contribution < 1.29 is 37.1 Å². The Morgan fingerprint density at radius 1 is 1.10 bits per heavy atom. The fraction of sp³-hybridized carbons (Fsp3) is 0.808. The summed E-state index contributed by atoms with van der Waals surface area (Å²) in [5.41, 5.74) is 3.77. The molecular weight excluding hydrogens is 519 g/mol. The van der Waals surface area contributed by atoms with Gasteiger partial charge in [0.25, 0.3) is 0 Å². The van der Waals surface area contributed by atoms with E-state index in [4.69, 9.17) is 5.73 Å². The van der Waals surface area contributed by atoms with E-state index in [0.717, 1.165) is 0 Å². The van der Waals surface area contributed by atoms with Crippen molar-refractivity contribution >= 4 is 29.5 Å². The molecule has 2 saturated heterocycles. The van der Waals surface area contributed by atoms with Crippen LogP contribution < -0.4 is 21.7 Å². The summed E-state index contributed by atoms with van der Waals surface area (Å²) in [4.78, 5) is 65.0. The molecule has 4 unspecified atom stereocenters. The molecule has 39 heavy (non-hydrogen) atoms. The summed E-state index contributed by atoms with van der Waals surface area (Å²) >= 11 is 0. The lowest BCUT2D eigenvalue weighted by Gasteiger charge is -2.38. The molecule has 13 heteroatoms. The van der Waals surface area contributed by atoms with Crippen molar-refractivity contribution in [1.82, 2.24) is 20.9 Å². The fourth-order valence-corrected chi connectivity index (χ4v) is 6.02. The number of alkyl halides is 3. The summed E-state index contributed by atoms with van der Waals surface area (Å²) in [7, 11) is 0. The quantitative estimate of drug-likeness (QED) is 0.370. The highest BCUT2D eigenvalue weighted by atomic mass is 19.4. The van der Waals surface area contributed by atoms with Gasteiger partial charge < -0.3 is 26.6 Å². The van der Waals surface area contributed by atoms with Crippen molar-refractivity contribution in [2.24, 2.45) is 34.3 Å². The lowest BCUT2D eigenvalue weighted by Crippen LogP contribution is -2.61. The standard InChI is InChI=1S/C26H40F3N5O5/c1-23(2,3)17(32-22(39)26(27,28)29)21(38)34-11-13-15(25(13,6)7)16(34)20(37)31-14(18(30)35)10-12-8-9-24(4,5)33-19(12)36/h12-17H,8-11H2,1-7H3,(H2,30,35)(H,31,37)(H,32,39)(H,33,36)/t12?,13?,14-,15?,16?,17+/m0/s1. The molecule has 10 nitrogen and oxygen atoms in total. The Morgan fingerprint density at radius 2 is 1.69 bits per heavy atom. The summed E-state index contributed by atoms with van der Waals surface area (Å²) in [6, 6.07) is -3.81. The van der Waals surface area contributed by atoms with Gasteiger partial charge in [-0.3, -0.25) is 24.0 Å². The summed E-state index contributed by atoms with van der Waals surface area (Å²) in [5.74, 6) is -5.75. The number of carbonyl (C=O) groups is 5. The molecule has 6 atom stereocenters. The number of amides is 5. The second kappa shape index (κ2) is 9.96. The summed E-state index contributed by atoms with van der Waals surface area (Å²) in [5, 5.41) is 7.30. The van der Waals surface area contributed by atoms with Crippen LogP contribution in [0.2, 0.25) is 0 Å². The number of halogens is 3. The first kappa shape index (κ1) is 30.7. The molecule has 2 aliphatic heterocycles. The van der Waals surface area contributed by atoms with Crippen LogP contribution in [0, 0.1) is 28.6 Å². The molecule has 0 aromatic rings. The molecule has 3 aliphatic rings. The third-order valence-corrected chi connectivity index (χ3v) is 8.54. The molecule has 0 aromatic carbocycles. The predicted octanol–water partition coefficient (Wildman–Crippen LogP) is 1.23. The first-order chi connectivity index (χ1) is 17.6. The van der Waals surface area contributed by atoms with Gasteiger partial charge in [-0.05, 0) is 55.8 Å². The van der Waals surface area contributed by atoms with E-state index in [1.54, 1.807) is 5.32 Å². The van der Waals surface area contributed by atoms with E-state index in [1.807, 2.05) is 27.7 Å². The van der Waals surface area contributed by atoms with Gasteiger partial charge in [-0.25, -0.2) is 0 Å². The SMILES string of the molecule is CC1(C)CCC(C[C@H](NC(=O)C2C3C(CN2C(=O)[C@@H](NC(=O)C(F)(F)F)C(C)(C)C)C3(C)C)C(N)=O)C(=O)N1. The third-order valence-electron chi connectivity index (χ3n) is 8.54. The molecule has 0 radical (unpaired) electrons. The van der Waals surface area contributed by atoms with Crippen LogP contribution in [-0.2, 0) is 24.0 Å². The number of carbonyl (C=O) groups excluding carboxylic acids is 5. The van der Waals surface area contributed by atoms with Gasteiger partial charge in [-0.15, -0.1) is 0 Å². The van der Waals surface area contributed by atoms with E-state index in [2.05, 4.69) is 10.6 Å². The number of primary amides is 1. The second-order valence-electron chi connectivity index (χ2n) is 13.5. The Labute approximate surface area is 226 Å². The van der Waals surface area contributed by atoms with Crippen molar-refractivity contribution in [1.29, 1.82) is 0 Å². The molecule has 5 N–H and O–H groups in total. The van der Waals surface area contributed by atoms with Gasteiger partial charge >= 0.3 is 12.1 Å². The van der Waals surface area contributed by atoms with Crippen LogP contribution in [0.3, 0.4) is 0 Å². The van der Waals surface area contributed by atoms with Crippen molar-refractivity contribution in [3.05, 3.63) is 0 Å². The van der Waals surface area contributed by atoms with Gasteiger partial charge in [0.05, 0.1) is 0 Å². The Hall–Kier alpha value is -2.86. The normalized spacial score (nSPS) is 29.0. The number of hydrogen-bond acceptors (Lipinski definition) is 5. The van der Waals surface area contributed by atoms with Crippen LogP contribution in [0.25, 0.3) is 0 Å². The summed E-state index contributed by atoms with van der Waals surface area (Å²) in [6.07, 6.45) is -4.04. The minimum atomic E-state index is -5.19. The molecule has 3 fully saturated rings. The van der Waals surface area contributed by atoms with Gasteiger partial charge in [-0.2, -0.15) is 13.2 Å². The van der Waals surface area contributed by atoms with Gasteiger partial charge in [-0.1, -0.05) is 34.6 Å². The number of nitrogens with zero attached hydrogens (tertiary/aromatic N) is 1. The van der Waals surface area contributed by atoms with E-state index in [-0.39, 0.29) is 41.7 Å². The molecule has 0 bridgehead atoms. The van der Waals surface area contributed by atoms with Crippen molar-refractivity contribution in [3.63, 3.8) is 0 Å². The minimum Gasteiger partial charge on any atom is -0.368 e. The topological polar surface area (TPSA) is 151 Å². The number of nitrogens with one attached hydrogen (secondary N) is 3. The fourth-order valence-electron chi connectivity index (χ4n) is 6.02. The number of fused-ring (bicyclic) bond motifs is 1. The lowest BCUT2D eigenvalue weighted by atomic mass is 9.83. The average Bonchev–Trinajstić information content (AvgIpc) is 3.10. The molecule has 1 aliphatic carbocycles. The molecular formula is C26H40F3N5O5. The molecule has 2 heterocycles. The molecule has 3 rings (SSSR count). The van der Waals surface area contributed by atoms with E-state index in [0.29, 0.717) is 12.8 Å². The zero-order valence-corrected chi connectivity index (χ0v) is 23.5. The molecule has 220 valence electrons. The van der Waals surface area contributed by atoms with Crippen molar-refractivity contribution in [2.75, 3.05) is 6.54 Å². The zero-order valence-electron chi connectivity index (χ0n) is 23.5. The molecule has 0 spiro atoms. The highest BCUT2D eigenvalue weighted by molar-refractivity contribution is 5.96. The first-order valence-corrected chi connectivity index (χ1v) is 13.2. The Morgan fingerprint density at radius 3 is 2.18 bits per heavy atom. The van der Waals surface area contributed by atoms with Crippen LogP contribution in [0.1, 0.15) is 67.7 Å². The minimum absolute atomic E-state index is 0.0204. The van der Waals surface area contributed by atoms with E-state index in [9.17, 15) is 37.1 Å². The van der Waals surface area contributed by atoms with E-state index < -0.39 is 59.3 Å². The van der Waals surface area contributed by atoms with Crippen molar-refractivity contribution in [2.45, 2.75) is 97.6 Å². The van der Waals surface area contributed by atoms with Gasteiger partial charge in [0.1, 0.15) is 18.1 Å². The Balaban J connectivity index is 1.82. The Bertz CT molecular complexity index is 1050. The largest absolute Gasteiger partial charge is 0.471 e. The van der Waals surface area contributed by atoms with Gasteiger partial charge in [0, 0.05) is 18.0 Å². The average molecular weight is 560 g/mol. The van der Waals surface area contributed by atoms with Crippen LogP contribution in [0.4, 0.5) is 13.2 Å². The second-order valence-corrected chi connectivity index (χ2v) is 13.5. The maximum absolute atomic E-state index is 13.6. The smallest absolute Gasteiger partial charge is 0.368 e. The maximum atomic E-state index is 13.6. The van der Waals surface area contributed by atoms with Crippen LogP contribution in [0.15, 0.2) is 0 Å². The highest BCUT2D eigenvalue weighted by Gasteiger charge is 2.70. The molecule has 1 saturated carbocycles. The summed E-state index contributed by atoms with van der Waals surface area (Å²) < 4.78 is 39.1. The van der Waals surface area contributed by atoms with Gasteiger partial charge in [0.15, 0.2) is 0 Å². The zero-order chi connectivity index (χ0) is 29.9. The predicted molar refractivity (Wildman–Crippen MR) is 134 cm³/mol. The number of nitrogens with two attached hydrogens (primary N) is 1. The van der Waals surface area contributed by atoms with E-state index >= 15 is 0 Å². The highest BCUT2D eigenvalue weighted by Crippen LogP contribution is 2.65. The Kier molecular flexibility index (Phi) is 7.83. The van der Waals surface area contributed by atoms with E-state index in [1.165, 1.54) is 25.7 Å². The number of hydrogen-bond donors (Lipinski definition) is 4. The van der Waals surface area contributed by atoms with Crippen molar-refractivity contribution in [3.8, 4) is 0 Å². The third kappa shape index (κ3) is 6.32. The molecule has 0 aromatic heterocycles. The molecule has 5 amide bonds. The number of likely N-dealkylation sites (tertiary alicyclic amines) is 1. The van der Waals surface area contributed by atoms with Crippen LogP contribution in [0.5, 0.6) is 0 Å².